The van der Waals surface area contributed by atoms with E-state index in [1.165, 1.54) is 6.08 Å². The van der Waals surface area contributed by atoms with E-state index in [9.17, 15) is 4.39 Å². The molecule has 88 valence electrons. The quantitative estimate of drug-likeness (QED) is 0.777. The summed E-state index contributed by atoms with van der Waals surface area (Å²) in [4.78, 5) is 2.16. The SMILES string of the molecule is CN1C(CC/C=C(\F)CO)COC1(C)C. The third-order valence-electron chi connectivity index (χ3n) is 3.04. The van der Waals surface area contributed by atoms with Crippen molar-refractivity contribution in [1.29, 1.82) is 0 Å². The van der Waals surface area contributed by atoms with Gasteiger partial charge in [-0.05, 0) is 33.7 Å². The molecule has 1 atom stereocenters. The van der Waals surface area contributed by atoms with Gasteiger partial charge in [0.15, 0.2) is 0 Å². The van der Waals surface area contributed by atoms with Gasteiger partial charge in [0.1, 0.15) is 11.6 Å². The highest BCUT2D eigenvalue weighted by atomic mass is 19.1. The van der Waals surface area contributed by atoms with E-state index in [1.807, 2.05) is 20.9 Å². The summed E-state index contributed by atoms with van der Waals surface area (Å²) >= 11 is 0. The van der Waals surface area contributed by atoms with Crippen LogP contribution in [-0.2, 0) is 4.74 Å². The molecule has 3 nitrogen and oxygen atoms in total. The molecule has 0 aromatic rings. The largest absolute Gasteiger partial charge is 0.389 e. The Morgan fingerprint density at radius 1 is 1.67 bits per heavy atom. The fourth-order valence-electron chi connectivity index (χ4n) is 1.73. The predicted molar refractivity (Wildman–Crippen MR) is 57.1 cm³/mol. The van der Waals surface area contributed by atoms with Gasteiger partial charge >= 0.3 is 0 Å². The molecule has 0 bridgehead atoms. The molecule has 1 rings (SSSR count). The first-order valence-corrected chi connectivity index (χ1v) is 5.29. The molecule has 1 heterocycles. The number of hydrogen-bond acceptors (Lipinski definition) is 3. The second-order valence-corrected chi connectivity index (χ2v) is 4.41. The Hall–Kier alpha value is -0.450. The van der Waals surface area contributed by atoms with E-state index in [0.29, 0.717) is 19.1 Å². The number of nitrogens with zero attached hydrogens (tertiary/aromatic N) is 1. The second kappa shape index (κ2) is 5.05. The zero-order valence-corrected chi connectivity index (χ0v) is 9.66. The molecule has 0 spiro atoms. The lowest BCUT2D eigenvalue weighted by Crippen LogP contribution is -2.40. The number of rotatable bonds is 4. The van der Waals surface area contributed by atoms with E-state index in [2.05, 4.69) is 4.90 Å². The van der Waals surface area contributed by atoms with Crippen LogP contribution in [0.25, 0.3) is 0 Å². The number of hydrogen-bond donors (Lipinski definition) is 1. The van der Waals surface area contributed by atoms with Crippen LogP contribution in [0, 0.1) is 0 Å². The van der Waals surface area contributed by atoms with Gasteiger partial charge in [-0.25, -0.2) is 4.39 Å². The molecule has 1 saturated heterocycles. The Morgan fingerprint density at radius 3 is 2.80 bits per heavy atom. The molecular weight excluding hydrogens is 197 g/mol. The molecule has 1 aliphatic heterocycles. The Kier molecular flexibility index (Phi) is 4.25. The minimum Gasteiger partial charge on any atom is -0.389 e. The highest BCUT2D eigenvalue weighted by Crippen LogP contribution is 2.27. The maximum atomic E-state index is 12.6. The Morgan fingerprint density at radius 2 is 2.33 bits per heavy atom. The van der Waals surface area contributed by atoms with Gasteiger partial charge in [-0.15, -0.1) is 0 Å². The highest BCUT2D eigenvalue weighted by Gasteiger charge is 2.36. The zero-order chi connectivity index (χ0) is 11.5. The Balaban J connectivity index is 2.35. The molecule has 0 aliphatic carbocycles. The smallest absolute Gasteiger partial charge is 0.121 e. The Labute approximate surface area is 90.5 Å². The van der Waals surface area contributed by atoms with E-state index in [0.717, 1.165) is 6.42 Å². The monoisotopic (exact) mass is 217 g/mol. The summed E-state index contributed by atoms with van der Waals surface area (Å²) in [6.07, 6.45) is 2.94. The van der Waals surface area contributed by atoms with Crippen LogP contribution in [0.15, 0.2) is 11.9 Å². The van der Waals surface area contributed by atoms with Crippen LogP contribution in [0.5, 0.6) is 0 Å². The van der Waals surface area contributed by atoms with E-state index >= 15 is 0 Å². The number of aliphatic hydroxyl groups is 1. The zero-order valence-electron chi connectivity index (χ0n) is 9.66. The van der Waals surface area contributed by atoms with E-state index < -0.39 is 12.4 Å². The summed E-state index contributed by atoms with van der Waals surface area (Å²) in [6, 6.07) is 0.336. The molecule has 0 saturated carbocycles. The van der Waals surface area contributed by atoms with Gasteiger partial charge in [-0.3, -0.25) is 4.90 Å². The van der Waals surface area contributed by atoms with Gasteiger partial charge in [0, 0.05) is 6.04 Å². The minimum absolute atomic E-state index is 0.218. The standard InChI is InChI=1S/C11H20FNO2/c1-11(2)13(3)10(8-15-11)6-4-5-9(12)7-14/h5,10,14H,4,6-8H2,1-3H3/b9-5-. The number of halogens is 1. The topological polar surface area (TPSA) is 32.7 Å². The lowest BCUT2D eigenvalue weighted by atomic mass is 10.1. The van der Waals surface area contributed by atoms with Crippen molar-refractivity contribution in [3.05, 3.63) is 11.9 Å². The van der Waals surface area contributed by atoms with Gasteiger partial charge < -0.3 is 9.84 Å². The summed E-state index contributed by atoms with van der Waals surface area (Å²) in [5, 5.41) is 8.48. The van der Waals surface area contributed by atoms with Crippen LogP contribution in [0.3, 0.4) is 0 Å². The average molecular weight is 217 g/mol. The summed E-state index contributed by atoms with van der Waals surface area (Å²) in [5.74, 6) is -0.448. The molecule has 0 radical (unpaired) electrons. The first-order chi connectivity index (χ1) is 6.97. The van der Waals surface area contributed by atoms with Crippen LogP contribution >= 0.6 is 0 Å². The maximum absolute atomic E-state index is 12.6. The van der Waals surface area contributed by atoms with Gasteiger partial charge in [0.25, 0.3) is 0 Å². The molecule has 15 heavy (non-hydrogen) atoms. The summed E-state index contributed by atoms with van der Waals surface area (Å²) in [5.41, 5.74) is -0.218. The van der Waals surface area contributed by atoms with Crippen LogP contribution in [0.4, 0.5) is 4.39 Å². The van der Waals surface area contributed by atoms with Crippen LogP contribution in [-0.4, -0.2) is 42.0 Å². The lowest BCUT2D eigenvalue weighted by Gasteiger charge is -2.29. The third-order valence-corrected chi connectivity index (χ3v) is 3.04. The van der Waals surface area contributed by atoms with Crippen LogP contribution in [0.1, 0.15) is 26.7 Å². The summed E-state index contributed by atoms with van der Waals surface area (Å²) in [7, 11) is 2.02. The fourth-order valence-corrected chi connectivity index (χ4v) is 1.73. The van der Waals surface area contributed by atoms with Crippen molar-refractivity contribution in [2.24, 2.45) is 0 Å². The number of aliphatic hydroxyl groups excluding tert-OH is 1. The third kappa shape index (κ3) is 3.26. The van der Waals surface area contributed by atoms with E-state index in [4.69, 9.17) is 9.84 Å². The average Bonchev–Trinajstić information content (AvgIpc) is 2.44. The minimum atomic E-state index is -0.498. The first kappa shape index (κ1) is 12.6. The van der Waals surface area contributed by atoms with Gasteiger partial charge in [0.2, 0.25) is 0 Å². The van der Waals surface area contributed by atoms with Gasteiger partial charge in [-0.1, -0.05) is 6.08 Å². The van der Waals surface area contributed by atoms with Crippen LogP contribution in [0.2, 0.25) is 0 Å². The number of likely N-dealkylation sites (N-methyl/N-ethyl adjacent to an activating group) is 1. The molecular formula is C11H20FNO2. The predicted octanol–water partition coefficient (Wildman–Crippen LogP) is 1.68. The second-order valence-electron chi connectivity index (χ2n) is 4.41. The first-order valence-electron chi connectivity index (χ1n) is 5.29. The van der Waals surface area contributed by atoms with Crippen molar-refractivity contribution in [2.75, 3.05) is 20.3 Å². The van der Waals surface area contributed by atoms with Crippen molar-refractivity contribution in [3.8, 4) is 0 Å². The molecule has 4 heteroatoms. The summed E-state index contributed by atoms with van der Waals surface area (Å²) in [6.45, 7) is 4.24. The maximum Gasteiger partial charge on any atom is 0.121 e. The van der Waals surface area contributed by atoms with Crippen molar-refractivity contribution in [3.63, 3.8) is 0 Å². The van der Waals surface area contributed by atoms with Crippen molar-refractivity contribution in [2.45, 2.75) is 38.5 Å². The van der Waals surface area contributed by atoms with E-state index in [-0.39, 0.29) is 5.72 Å². The molecule has 1 N–H and O–H groups in total. The van der Waals surface area contributed by atoms with Gasteiger partial charge in [-0.2, -0.15) is 0 Å². The highest BCUT2D eigenvalue weighted by molar-refractivity contribution is 4.93. The molecule has 0 aromatic carbocycles. The van der Waals surface area contributed by atoms with Gasteiger partial charge in [0.05, 0.1) is 13.2 Å². The van der Waals surface area contributed by atoms with Crippen LogP contribution < -0.4 is 0 Å². The van der Waals surface area contributed by atoms with Crippen molar-refractivity contribution < 1.29 is 14.2 Å². The van der Waals surface area contributed by atoms with Crippen molar-refractivity contribution >= 4 is 0 Å². The molecule has 1 fully saturated rings. The molecule has 1 aliphatic rings. The van der Waals surface area contributed by atoms with Crippen molar-refractivity contribution in [1.82, 2.24) is 4.90 Å². The Bertz CT molecular complexity index is 241. The number of ether oxygens (including phenoxy) is 1. The molecule has 1 unspecified atom stereocenters. The summed E-state index contributed by atoms with van der Waals surface area (Å²) < 4.78 is 18.2. The molecule has 0 amide bonds. The van der Waals surface area contributed by atoms with E-state index in [1.54, 1.807) is 0 Å². The number of allylic oxidation sites excluding steroid dienone is 1. The normalized spacial score (nSPS) is 27.3. The lowest BCUT2D eigenvalue weighted by molar-refractivity contribution is -0.0414. The fraction of sp³-hybridized carbons (Fsp3) is 0.818. The molecule has 0 aromatic heterocycles.